The van der Waals surface area contributed by atoms with E-state index in [0.717, 1.165) is 5.39 Å². The summed E-state index contributed by atoms with van der Waals surface area (Å²) < 4.78 is 4.76. The molecule has 0 fully saturated rings. The zero-order valence-corrected chi connectivity index (χ0v) is 29.3. The Morgan fingerprint density at radius 2 is 1.23 bits per heavy atom. The molecule has 3 heterocycles. The minimum absolute atomic E-state index is 0. The van der Waals surface area contributed by atoms with Gasteiger partial charge in [-0.15, -0.1) is 18.4 Å². The molecule has 0 bridgehead atoms. The van der Waals surface area contributed by atoms with Gasteiger partial charge in [-0.1, -0.05) is 96.7 Å². The van der Waals surface area contributed by atoms with Crippen LogP contribution in [0.2, 0.25) is 0 Å². The molecule has 0 atom stereocenters. The van der Waals surface area contributed by atoms with E-state index in [2.05, 4.69) is 130 Å². The number of aromatic amines is 1. The molecule has 0 aliphatic rings. The number of hydrogen-bond acceptors (Lipinski definition) is 2. The number of phenols is 1. The van der Waals surface area contributed by atoms with Gasteiger partial charge in [0.05, 0.1) is 11.0 Å². The number of thiophene rings is 1. The number of aromatic nitrogens is 2. The van der Waals surface area contributed by atoms with E-state index in [4.69, 9.17) is 0 Å². The van der Waals surface area contributed by atoms with Crippen LogP contribution in [0.15, 0.2) is 140 Å². The van der Waals surface area contributed by atoms with Crippen molar-refractivity contribution in [1.82, 2.24) is 9.55 Å². The fraction of sp³-hybridized carbons (Fsp3) is 0.0244. The van der Waals surface area contributed by atoms with E-state index in [0.29, 0.717) is 5.69 Å². The molecule has 0 aliphatic carbocycles. The van der Waals surface area contributed by atoms with Gasteiger partial charge in [0.25, 0.3) is 0 Å². The minimum atomic E-state index is 0. The van der Waals surface area contributed by atoms with Gasteiger partial charge in [-0.25, -0.2) is 0 Å². The number of aromatic hydroxyl groups is 1. The van der Waals surface area contributed by atoms with Crippen molar-refractivity contribution in [3.63, 3.8) is 0 Å². The smallest absolute Gasteiger partial charge is 0.101 e. The first kappa shape index (κ1) is 29.7. The van der Waals surface area contributed by atoms with Crippen LogP contribution in [-0.4, -0.2) is 21.7 Å². The average molecular weight is 700 g/mol. The number of nitrogens with one attached hydrogen (secondary N) is 1. The summed E-state index contributed by atoms with van der Waals surface area (Å²) in [6.07, 6.45) is 0. The molecule has 223 valence electrons. The number of benzene rings is 7. The molecular formula is C41H28N3OSY-. The second-order valence-electron chi connectivity index (χ2n) is 11.6. The summed E-state index contributed by atoms with van der Waals surface area (Å²) in [5.41, 5.74) is 6.69. The summed E-state index contributed by atoms with van der Waals surface area (Å²) in [7, 11) is 1.71. The molecule has 0 amide bonds. The molecule has 0 saturated carbocycles. The molecule has 7 aromatic carbocycles. The largest absolute Gasteiger partial charge is 0.683 e. The standard InChI is InChI=1S/C28H18N2.C13H10NOS.Y/c1-2-8-20-18(7-1)13-16-24-28(20)23-15-14-19(17-25(23)29-24)30-26-11-5-3-9-21(26)22-10-4-6-12-27(22)30;1-14-13-9(15)6-7-11-12(13)8-4-2-3-5-10(8)16-11;/h1-17,29H;2-7,15H,1H3;/q;-1;. The van der Waals surface area contributed by atoms with E-state index < -0.39 is 0 Å². The molecule has 10 rings (SSSR count). The van der Waals surface area contributed by atoms with Crippen molar-refractivity contribution in [2.75, 3.05) is 7.05 Å². The van der Waals surface area contributed by atoms with Gasteiger partial charge in [0.2, 0.25) is 0 Å². The Bertz CT molecular complexity index is 2720. The van der Waals surface area contributed by atoms with E-state index in [-0.39, 0.29) is 38.5 Å². The van der Waals surface area contributed by atoms with Crippen molar-refractivity contribution in [1.29, 1.82) is 0 Å². The molecule has 1 radical (unpaired) electrons. The van der Waals surface area contributed by atoms with Gasteiger partial charge < -0.3 is 20.0 Å². The van der Waals surface area contributed by atoms with Gasteiger partial charge in [-0.2, -0.15) is 0 Å². The number of fused-ring (bicyclic) bond motifs is 11. The van der Waals surface area contributed by atoms with E-state index >= 15 is 0 Å². The van der Waals surface area contributed by atoms with Crippen LogP contribution in [0.5, 0.6) is 5.75 Å². The Balaban J connectivity index is 0.000000162. The summed E-state index contributed by atoms with van der Waals surface area (Å²) in [6.45, 7) is 0. The van der Waals surface area contributed by atoms with Crippen LogP contribution in [0.1, 0.15) is 0 Å². The van der Waals surface area contributed by atoms with Gasteiger partial charge in [0.1, 0.15) is 5.75 Å². The Morgan fingerprint density at radius 1 is 0.574 bits per heavy atom. The van der Waals surface area contributed by atoms with Crippen LogP contribution in [0, 0.1) is 0 Å². The van der Waals surface area contributed by atoms with Crippen molar-refractivity contribution in [2.45, 2.75) is 0 Å². The second kappa shape index (κ2) is 11.8. The molecule has 0 spiro atoms. The molecule has 6 heteroatoms. The maximum Gasteiger partial charge on any atom is 0.101 e. The third-order valence-electron chi connectivity index (χ3n) is 9.03. The zero-order valence-electron chi connectivity index (χ0n) is 25.6. The van der Waals surface area contributed by atoms with E-state index in [1.807, 2.05) is 18.2 Å². The van der Waals surface area contributed by atoms with Gasteiger partial charge in [0, 0.05) is 80.4 Å². The number of nitrogens with zero attached hydrogens (tertiary/aromatic N) is 2. The number of H-pyrrole nitrogens is 1. The number of hydrogen-bond donors (Lipinski definition) is 2. The molecule has 2 N–H and O–H groups in total. The van der Waals surface area contributed by atoms with E-state index in [1.54, 1.807) is 24.5 Å². The molecule has 3 aromatic heterocycles. The summed E-state index contributed by atoms with van der Waals surface area (Å²) in [5.74, 6) is 0.249. The molecule has 10 aromatic rings. The van der Waals surface area contributed by atoms with Crippen LogP contribution in [0.4, 0.5) is 5.69 Å². The minimum Gasteiger partial charge on any atom is -0.683 e. The quantitative estimate of drug-likeness (QED) is 0.185. The Labute approximate surface area is 300 Å². The maximum atomic E-state index is 9.80. The second-order valence-corrected chi connectivity index (χ2v) is 12.6. The van der Waals surface area contributed by atoms with Crippen LogP contribution in [0.25, 0.3) is 85.6 Å². The van der Waals surface area contributed by atoms with Crippen molar-refractivity contribution in [2.24, 2.45) is 0 Å². The van der Waals surface area contributed by atoms with Crippen molar-refractivity contribution in [3.05, 3.63) is 145 Å². The van der Waals surface area contributed by atoms with Crippen molar-refractivity contribution >= 4 is 91.6 Å². The van der Waals surface area contributed by atoms with Gasteiger partial charge >= 0.3 is 0 Å². The van der Waals surface area contributed by atoms with Crippen LogP contribution >= 0.6 is 11.3 Å². The van der Waals surface area contributed by atoms with E-state index in [9.17, 15) is 5.11 Å². The maximum absolute atomic E-state index is 9.80. The summed E-state index contributed by atoms with van der Waals surface area (Å²) in [5, 5.41) is 23.9. The molecule has 4 nitrogen and oxygen atoms in total. The number of rotatable bonds is 2. The Kier molecular flexibility index (Phi) is 7.49. The first-order valence-electron chi connectivity index (χ1n) is 15.3. The molecular weight excluding hydrogens is 671 g/mol. The first-order valence-corrected chi connectivity index (χ1v) is 16.2. The molecule has 0 saturated heterocycles. The summed E-state index contributed by atoms with van der Waals surface area (Å²) in [6, 6.07) is 49.0. The Morgan fingerprint density at radius 3 is 1.98 bits per heavy atom. The SMILES string of the molecule is C[N-]c1c(O)ccc2sc3ccccc3c12.[Y].c1ccc2c(c1)ccc1[nH]c3cc(-n4c5ccccc5c5ccccc54)ccc3c12. The third kappa shape index (κ3) is 4.72. The van der Waals surface area contributed by atoms with Crippen LogP contribution in [0.3, 0.4) is 0 Å². The summed E-state index contributed by atoms with van der Waals surface area (Å²) in [4.78, 5) is 3.66. The van der Waals surface area contributed by atoms with Crippen LogP contribution < -0.4 is 0 Å². The number of para-hydroxylation sites is 2. The fourth-order valence-electron chi connectivity index (χ4n) is 7.02. The summed E-state index contributed by atoms with van der Waals surface area (Å²) >= 11 is 1.73. The van der Waals surface area contributed by atoms with Crippen molar-refractivity contribution < 1.29 is 37.8 Å². The third-order valence-corrected chi connectivity index (χ3v) is 10.2. The van der Waals surface area contributed by atoms with Crippen molar-refractivity contribution in [3.8, 4) is 11.4 Å². The molecule has 47 heavy (non-hydrogen) atoms. The fourth-order valence-corrected chi connectivity index (χ4v) is 8.13. The van der Waals surface area contributed by atoms with Gasteiger partial charge in [0.15, 0.2) is 0 Å². The van der Waals surface area contributed by atoms with Gasteiger partial charge in [-0.3, -0.25) is 0 Å². The Hall–Kier alpha value is -4.68. The normalized spacial score (nSPS) is 11.4. The molecule has 0 unspecified atom stereocenters. The number of phenolic OH excluding ortho intramolecular Hbond substituents is 1. The van der Waals surface area contributed by atoms with Gasteiger partial charge in [-0.05, 0) is 70.1 Å². The predicted molar refractivity (Wildman–Crippen MR) is 198 cm³/mol. The monoisotopic (exact) mass is 699 g/mol. The van der Waals surface area contributed by atoms with E-state index in [1.165, 1.54) is 74.9 Å². The zero-order chi connectivity index (χ0) is 30.8. The van der Waals surface area contributed by atoms with Crippen LogP contribution in [-0.2, 0) is 32.7 Å². The first-order chi connectivity index (χ1) is 22.7. The molecule has 0 aliphatic heterocycles. The average Bonchev–Trinajstić information content (AvgIpc) is 3.78. The predicted octanol–water partition coefficient (Wildman–Crippen LogP) is 12.0. The topological polar surface area (TPSA) is 55.0 Å².